The molecule has 0 radical (unpaired) electrons. The summed E-state index contributed by atoms with van der Waals surface area (Å²) >= 11 is 0. The Morgan fingerprint density at radius 2 is 2.18 bits per heavy atom. The van der Waals surface area contributed by atoms with Crippen molar-refractivity contribution in [2.45, 2.75) is 31.3 Å². The van der Waals surface area contributed by atoms with Crippen LogP contribution in [-0.2, 0) is 0 Å². The van der Waals surface area contributed by atoms with Crippen LogP contribution in [0, 0.1) is 0 Å². The number of rotatable bonds is 1. The molecule has 2 aliphatic rings. The number of carbonyl (C=O) groups is 1. The lowest BCUT2D eigenvalue weighted by atomic mass is 9.99. The monoisotopic (exact) mass is 237 g/mol. The minimum atomic E-state index is -1.05. The molecule has 1 aromatic heterocycles. The van der Waals surface area contributed by atoms with Gasteiger partial charge < -0.3 is 19.2 Å². The number of aromatic carboxylic acids is 1. The normalized spacial score (nSPS) is 21.4. The van der Waals surface area contributed by atoms with Crippen LogP contribution >= 0.6 is 0 Å². The SMILES string of the molecule is CN1CC2(CCCC2)Oc2coc(C(=O)O)c21. The molecule has 1 aliphatic carbocycles. The van der Waals surface area contributed by atoms with Crippen LogP contribution in [0.1, 0.15) is 36.2 Å². The lowest BCUT2D eigenvalue weighted by Gasteiger charge is -2.39. The first-order chi connectivity index (χ1) is 8.11. The van der Waals surface area contributed by atoms with Crippen LogP contribution < -0.4 is 9.64 Å². The van der Waals surface area contributed by atoms with Gasteiger partial charge in [-0.1, -0.05) is 0 Å². The van der Waals surface area contributed by atoms with E-state index in [2.05, 4.69) is 0 Å². The van der Waals surface area contributed by atoms with Gasteiger partial charge in [0.15, 0.2) is 5.75 Å². The largest absolute Gasteiger partial charge is 0.480 e. The lowest BCUT2D eigenvalue weighted by Crippen LogP contribution is -2.47. The van der Waals surface area contributed by atoms with E-state index in [1.165, 1.54) is 19.1 Å². The molecular weight excluding hydrogens is 222 g/mol. The summed E-state index contributed by atoms with van der Waals surface area (Å²) in [5.74, 6) is -0.516. The molecule has 0 unspecified atom stereocenters. The Balaban J connectivity index is 2.00. The summed E-state index contributed by atoms with van der Waals surface area (Å²) in [6.07, 6.45) is 5.82. The van der Waals surface area contributed by atoms with E-state index in [0.717, 1.165) is 19.4 Å². The van der Waals surface area contributed by atoms with Gasteiger partial charge in [-0.25, -0.2) is 4.79 Å². The maximum absolute atomic E-state index is 11.0. The molecule has 2 heterocycles. The molecule has 5 nitrogen and oxygen atoms in total. The van der Waals surface area contributed by atoms with Crippen molar-refractivity contribution >= 4 is 11.7 Å². The molecule has 0 saturated heterocycles. The first-order valence-electron chi connectivity index (χ1n) is 5.86. The summed E-state index contributed by atoms with van der Waals surface area (Å²) in [6, 6.07) is 0. The second-order valence-corrected chi connectivity index (χ2v) is 4.93. The Kier molecular flexibility index (Phi) is 2.11. The molecule has 1 aliphatic heterocycles. The summed E-state index contributed by atoms with van der Waals surface area (Å²) in [5, 5.41) is 9.03. The predicted molar refractivity (Wildman–Crippen MR) is 60.8 cm³/mol. The molecule has 1 N–H and O–H groups in total. The van der Waals surface area contributed by atoms with Crippen LogP contribution in [0.4, 0.5) is 5.69 Å². The number of hydrogen-bond acceptors (Lipinski definition) is 4. The zero-order valence-electron chi connectivity index (χ0n) is 9.73. The minimum absolute atomic E-state index is 0.0321. The highest BCUT2D eigenvalue weighted by molar-refractivity contribution is 5.93. The van der Waals surface area contributed by atoms with Crippen LogP contribution in [-0.4, -0.2) is 30.3 Å². The molecule has 0 bridgehead atoms. The highest BCUT2D eigenvalue weighted by atomic mass is 16.5. The highest BCUT2D eigenvalue weighted by Gasteiger charge is 2.43. The predicted octanol–water partition coefficient (Wildman–Crippen LogP) is 2.12. The van der Waals surface area contributed by atoms with Crippen LogP contribution in [0.5, 0.6) is 5.75 Å². The number of likely N-dealkylation sites (N-methyl/N-ethyl adjacent to an activating group) is 1. The number of hydrogen-bond donors (Lipinski definition) is 1. The molecule has 3 rings (SSSR count). The number of anilines is 1. The molecule has 0 atom stereocenters. The summed E-state index contributed by atoms with van der Waals surface area (Å²) < 4.78 is 11.1. The van der Waals surface area contributed by atoms with Crippen molar-refractivity contribution < 1.29 is 19.1 Å². The molecule has 1 spiro atoms. The number of ether oxygens (including phenoxy) is 1. The highest BCUT2D eigenvalue weighted by Crippen LogP contribution is 2.45. The summed E-state index contributed by atoms with van der Waals surface area (Å²) in [6.45, 7) is 0.736. The van der Waals surface area contributed by atoms with Crippen molar-refractivity contribution in [1.29, 1.82) is 0 Å². The quantitative estimate of drug-likeness (QED) is 0.810. The van der Waals surface area contributed by atoms with E-state index in [0.29, 0.717) is 11.4 Å². The Morgan fingerprint density at radius 1 is 1.47 bits per heavy atom. The van der Waals surface area contributed by atoms with E-state index < -0.39 is 5.97 Å². The van der Waals surface area contributed by atoms with Crippen molar-refractivity contribution in [2.75, 3.05) is 18.5 Å². The fourth-order valence-electron chi connectivity index (χ4n) is 2.98. The van der Waals surface area contributed by atoms with Gasteiger partial charge in [0.1, 0.15) is 17.6 Å². The third-order valence-corrected chi connectivity index (χ3v) is 3.67. The van der Waals surface area contributed by atoms with Crippen molar-refractivity contribution in [3.63, 3.8) is 0 Å². The molecule has 0 amide bonds. The minimum Gasteiger partial charge on any atom is -0.480 e. The van der Waals surface area contributed by atoms with E-state index in [-0.39, 0.29) is 11.4 Å². The van der Waals surface area contributed by atoms with E-state index in [4.69, 9.17) is 14.3 Å². The van der Waals surface area contributed by atoms with Gasteiger partial charge in [0.2, 0.25) is 5.76 Å². The standard InChI is InChI=1S/C12H15NO4/c1-13-7-12(4-2-3-5-12)17-8-6-16-10(9(8)13)11(14)15/h6H,2-5,7H2,1H3,(H,14,15). The molecule has 5 heteroatoms. The fraction of sp³-hybridized carbons (Fsp3) is 0.583. The van der Waals surface area contributed by atoms with Crippen LogP contribution in [0.2, 0.25) is 0 Å². The molecule has 92 valence electrons. The molecular formula is C12H15NO4. The van der Waals surface area contributed by atoms with E-state index >= 15 is 0 Å². The fourth-order valence-corrected chi connectivity index (χ4v) is 2.98. The summed E-state index contributed by atoms with van der Waals surface area (Å²) in [4.78, 5) is 13.0. The van der Waals surface area contributed by atoms with Gasteiger partial charge in [0, 0.05) is 7.05 Å². The van der Waals surface area contributed by atoms with Crippen LogP contribution in [0.15, 0.2) is 10.7 Å². The van der Waals surface area contributed by atoms with Crippen molar-refractivity contribution in [1.82, 2.24) is 0 Å². The van der Waals surface area contributed by atoms with Crippen molar-refractivity contribution in [3.8, 4) is 5.75 Å². The van der Waals surface area contributed by atoms with Crippen molar-refractivity contribution in [3.05, 3.63) is 12.0 Å². The third-order valence-electron chi connectivity index (χ3n) is 3.67. The topological polar surface area (TPSA) is 62.9 Å². The van der Waals surface area contributed by atoms with Gasteiger partial charge in [0.25, 0.3) is 0 Å². The maximum Gasteiger partial charge on any atom is 0.374 e. The van der Waals surface area contributed by atoms with Gasteiger partial charge >= 0.3 is 5.97 Å². The maximum atomic E-state index is 11.0. The number of nitrogens with zero attached hydrogens (tertiary/aromatic N) is 1. The molecule has 1 saturated carbocycles. The third kappa shape index (κ3) is 1.49. The van der Waals surface area contributed by atoms with Crippen LogP contribution in [0.25, 0.3) is 0 Å². The van der Waals surface area contributed by atoms with Crippen molar-refractivity contribution in [2.24, 2.45) is 0 Å². The Labute approximate surface area is 99.0 Å². The second-order valence-electron chi connectivity index (χ2n) is 4.93. The van der Waals surface area contributed by atoms with Gasteiger partial charge in [-0.15, -0.1) is 0 Å². The smallest absolute Gasteiger partial charge is 0.374 e. The molecule has 1 fully saturated rings. The Hall–Kier alpha value is -1.65. The van der Waals surface area contributed by atoms with Gasteiger partial charge in [-0.05, 0) is 25.7 Å². The first kappa shape index (κ1) is 10.5. The molecule has 1 aromatic rings. The number of carboxylic acid groups (broad SMARTS) is 1. The summed E-state index contributed by atoms with van der Waals surface area (Å²) in [5.41, 5.74) is 0.427. The number of furan rings is 1. The molecule has 17 heavy (non-hydrogen) atoms. The Bertz CT molecular complexity index is 459. The number of fused-ring (bicyclic) bond motifs is 1. The zero-order valence-corrected chi connectivity index (χ0v) is 9.73. The van der Waals surface area contributed by atoms with E-state index in [1.807, 2.05) is 11.9 Å². The summed E-state index contributed by atoms with van der Waals surface area (Å²) in [7, 11) is 1.89. The van der Waals surface area contributed by atoms with Gasteiger partial charge in [0.05, 0.1) is 6.54 Å². The second kappa shape index (κ2) is 3.42. The first-order valence-corrected chi connectivity index (χ1v) is 5.86. The van der Waals surface area contributed by atoms with Crippen LogP contribution in [0.3, 0.4) is 0 Å². The zero-order chi connectivity index (χ0) is 12.0. The lowest BCUT2D eigenvalue weighted by molar-refractivity contribution is 0.0657. The average Bonchev–Trinajstić information content (AvgIpc) is 2.85. The van der Waals surface area contributed by atoms with Gasteiger partial charge in [-0.3, -0.25) is 0 Å². The van der Waals surface area contributed by atoms with Gasteiger partial charge in [-0.2, -0.15) is 0 Å². The average molecular weight is 237 g/mol. The number of carboxylic acids is 1. The van der Waals surface area contributed by atoms with E-state index in [9.17, 15) is 4.79 Å². The Morgan fingerprint density at radius 3 is 2.82 bits per heavy atom. The molecule has 0 aromatic carbocycles. The van der Waals surface area contributed by atoms with E-state index in [1.54, 1.807) is 0 Å².